The van der Waals surface area contributed by atoms with Crippen molar-refractivity contribution < 1.29 is 19.1 Å². The number of ether oxygens (including phenoxy) is 2. The lowest BCUT2D eigenvalue weighted by atomic mass is 10.0. The maximum Gasteiger partial charge on any atom is 0.320 e. The highest BCUT2D eigenvalue weighted by Crippen LogP contribution is 2.37. The van der Waals surface area contributed by atoms with E-state index in [1.165, 1.54) is 5.56 Å². The number of fused-ring (bicyclic) bond motifs is 1. The van der Waals surface area contributed by atoms with E-state index in [1.54, 1.807) is 0 Å². The topological polar surface area (TPSA) is 52.6 Å². The first-order valence-electron chi connectivity index (χ1n) is 5.71. The molecule has 0 spiro atoms. The van der Waals surface area contributed by atoms with Crippen LogP contribution in [0.3, 0.4) is 0 Å². The standard InChI is InChI=1S/C13H12O4/c14-11-7-12(15)17-13(16-11)10-6-5-8-3-1-2-4-9(8)10/h1-4,10,13H,5-7H2. The minimum Gasteiger partial charge on any atom is -0.424 e. The molecule has 1 aromatic carbocycles. The van der Waals surface area contributed by atoms with Gasteiger partial charge in [-0.1, -0.05) is 24.3 Å². The van der Waals surface area contributed by atoms with Gasteiger partial charge in [-0.2, -0.15) is 0 Å². The van der Waals surface area contributed by atoms with E-state index in [4.69, 9.17) is 9.47 Å². The fraction of sp³-hybridized carbons (Fsp3) is 0.385. The third-order valence-electron chi connectivity index (χ3n) is 3.29. The molecule has 1 fully saturated rings. The van der Waals surface area contributed by atoms with Crippen LogP contribution in [0.2, 0.25) is 0 Å². The Morgan fingerprint density at radius 2 is 1.76 bits per heavy atom. The Kier molecular flexibility index (Phi) is 2.35. The van der Waals surface area contributed by atoms with Crippen LogP contribution in [0.4, 0.5) is 0 Å². The largest absolute Gasteiger partial charge is 0.424 e. The molecule has 4 nitrogen and oxygen atoms in total. The minimum atomic E-state index is -0.743. The van der Waals surface area contributed by atoms with Gasteiger partial charge in [-0.25, -0.2) is 0 Å². The molecule has 3 rings (SSSR count). The van der Waals surface area contributed by atoms with Crippen LogP contribution in [0.25, 0.3) is 0 Å². The number of cyclic esters (lactones) is 2. The van der Waals surface area contributed by atoms with Crippen LogP contribution in [0, 0.1) is 0 Å². The van der Waals surface area contributed by atoms with Gasteiger partial charge in [0.15, 0.2) is 0 Å². The first-order valence-corrected chi connectivity index (χ1v) is 5.71. The summed E-state index contributed by atoms with van der Waals surface area (Å²) in [5.74, 6) is -0.995. The lowest BCUT2D eigenvalue weighted by Crippen LogP contribution is -2.36. The molecule has 0 amide bonds. The number of carbonyl (C=O) groups is 2. The predicted molar refractivity (Wildman–Crippen MR) is 58.1 cm³/mol. The Morgan fingerprint density at radius 3 is 2.53 bits per heavy atom. The number of rotatable bonds is 1. The van der Waals surface area contributed by atoms with Crippen LogP contribution >= 0.6 is 0 Å². The van der Waals surface area contributed by atoms with Gasteiger partial charge in [-0.15, -0.1) is 0 Å². The molecule has 88 valence electrons. The number of hydrogen-bond acceptors (Lipinski definition) is 4. The smallest absolute Gasteiger partial charge is 0.320 e. The summed E-state index contributed by atoms with van der Waals surface area (Å²) in [6.45, 7) is 0. The van der Waals surface area contributed by atoms with Gasteiger partial charge in [0.2, 0.25) is 0 Å². The Morgan fingerprint density at radius 1 is 1.06 bits per heavy atom. The van der Waals surface area contributed by atoms with Crippen LogP contribution in [-0.2, 0) is 25.5 Å². The van der Waals surface area contributed by atoms with Crippen molar-refractivity contribution in [3.05, 3.63) is 35.4 Å². The third-order valence-corrected chi connectivity index (χ3v) is 3.29. The Bertz CT molecular complexity index is 464. The maximum absolute atomic E-state index is 11.2. The van der Waals surface area contributed by atoms with Gasteiger partial charge >= 0.3 is 11.9 Å². The Labute approximate surface area is 98.5 Å². The van der Waals surface area contributed by atoms with Crippen LogP contribution in [-0.4, -0.2) is 18.2 Å². The van der Waals surface area contributed by atoms with E-state index < -0.39 is 18.2 Å². The van der Waals surface area contributed by atoms with Crippen LogP contribution in [0.15, 0.2) is 24.3 Å². The van der Waals surface area contributed by atoms with Crippen molar-refractivity contribution in [1.82, 2.24) is 0 Å². The predicted octanol–water partition coefficient (Wildman–Crippen LogP) is 1.53. The van der Waals surface area contributed by atoms with Gasteiger partial charge < -0.3 is 9.47 Å². The number of carbonyl (C=O) groups excluding carboxylic acids is 2. The molecule has 0 bridgehead atoms. The highest BCUT2D eigenvalue weighted by atomic mass is 16.7. The molecule has 0 N–H and O–H groups in total. The summed E-state index contributed by atoms with van der Waals surface area (Å²) >= 11 is 0. The van der Waals surface area contributed by atoms with Crippen LogP contribution in [0.1, 0.15) is 29.9 Å². The van der Waals surface area contributed by atoms with Crippen molar-refractivity contribution in [1.29, 1.82) is 0 Å². The van der Waals surface area contributed by atoms with Crippen LogP contribution in [0.5, 0.6) is 0 Å². The minimum absolute atomic E-state index is 0.0144. The molecule has 0 saturated carbocycles. The average molecular weight is 232 g/mol. The summed E-state index contributed by atoms with van der Waals surface area (Å²) in [6.07, 6.45) is 0.773. The van der Waals surface area contributed by atoms with E-state index in [1.807, 2.05) is 18.2 Å². The zero-order valence-corrected chi connectivity index (χ0v) is 9.22. The van der Waals surface area contributed by atoms with Crippen molar-refractivity contribution in [3.63, 3.8) is 0 Å². The zero-order chi connectivity index (χ0) is 11.8. The van der Waals surface area contributed by atoms with Gasteiger partial charge in [0.25, 0.3) is 6.29 Å². The summed E-state index contributed by atoms with van der Waals surface area (Å²) in [7, 11) is 0. The number of esters is 2. The molecule has 1 aliphatic carbocycles. The number of aryl methyl sites for hydroxylation is 1. The van der Waals surface area contributed by atoms with Crippen molar-refractivity contribution in [2.24, 2.45) is 0 Å². The fourth-order valence-corrected chi connectivity index (χ4v) is 2.52. The second kappa shape index (κ2) is 3.87. The van der Waals surface area contributed by atoms with Gasteiger partial charge in [-0.05, 0) is 24.0 Å². The third kappa shape index (κ3) is 1.79. The van der Waals surface area contributed by atoms with Crippen molar-refractivity contribution in [3.8, 4) is 0 Å². The van der Waals surface area contributed by atoms with Crippen molar-refractivity contribution in [2.75, 3.05) is 0 Å². The maximum atomic E-state index is 11.2. The lowest BCUT2D eigenvalue weighted by Gasteiger charge is -2.27. The van der Waals surface area contributed by atoms with Gasteiger partial charge in [0.05, 0.1) is 5.92 Å². The molecule has 0 radical (unpaired) electrons. The number of hydrogen-bond donors (Lipinski definition) is 0. The number of benzene rings is 1. The molecule has 0 aromatic heterocycles. The SMILES string of the molecule is O=C1CC(=O)OC(C2CCc3ccccc32)O1. The molecule has 1 aromatic rings. The monoisotopic (exact) mass is 232 g/mol. The van der Waals surface area contributed by atoms with Gasteiger partial charge in [-0.3, -0.25) is 9.59 Å². The molecule has 1 unspecified atom stereocenters. The normalized spacial score (nSPS) is 24.1. The highest BCUT2D eigenvalue weighted by molar-refractivity contribution is 5.92. The summed E-state index contributed by atoms with van der Waals surface area (Å²) < 4.78 is 10.2. The Balaban J connectivity index is 1.86. The molecule has 1 atom stereocenters. The zero-order valence-electron chi connectivity index (χ0n) is 9.22. The summed E-state index contributed by atoms with van der Waals surface area (Å²) in [5.41, 5.74) is 2.37. The molecule has 1 aliphatic heterocycles. The quantitative estimate of drug-likeness (QED) is 0.544. The first-order chi connectivity index (χ1) is 8.24. The van der Waals surface area contributed by atoms with Crippen LogP contribution < -0.4 is 0 Å². The highest BCUT2D eigenvalue weighted by Gasteiger charge is 2.38. The molecule has 2 aliphatic rings. The van der Waals surface area contributed by atoms with E-state index in [0.29, 0.717) is 0 Å². The van der Waals surface area contributed by atoms with Crippen molar-refractivity contribution in [2.45, 2.75) is 31.5 Å². The molecule has 1 saturated heterocycles. The van der Waals surface area contributed by atoms with E-state index in [9.17, 15) is 9.59 Å². The summed E-state index contributed by atoms with van der Waals surface area (Å²) in [5, 5.41) is 0. The van der Waals surface area contributed by atoms with Gasteiger partial charge in [0, 0.05) is 0 Å². The second-order valence-electron chi connectivity index (χ2n) is 4.37. The summed E-state index contributed by atoms with van der Waals surface area (Å²) in [6, 6.07) is 7.99. The van der Waals surface area contributed by atoms with Crippen molar-refractivity contribution >= 4 is 11.9 Å². The molecule has 17 heavy (non-hydrogen) atoms. The Hall–Kier alpha value is -1.84. The fourth-order valence-electron chi connectivity index (χ4n) is 2.52. The summed E-state index contributed by atoms with van der Waals surface area (Å²) in [4.78, 5) is 22.5. The average Bonchev–Trinajstić information content (AvgIpc) is 2.71. The second-order valence-corrected chi connectivity index (χ2v) is 4.37. The lowest BCUT2D eigenvalue weighted by molar-refractivity contribution is -0.207. The molecule has 1 heterocycles. The molecular weight excluding hydrogens is 220 g/mol. The van der Waals surface area contributed by atoms with E-state index in [-0.39, 0.29) is 12.3 Å². The van der Waals surface area contributed by atoms with E-state index >= 15 is 0 Å². The molecular formula is C13H12O4. The first kappa shape index (κ1) is 10.3. The molecule has 4 heteroatoms. The van der Waals surface area contributed by atoms with Gasteiger partial charge in [0.1, 0.15) is 6.42 Å². The van der Waals surface area contributed by atoms with E-state index in [0.717, 1.165) is 18.4 Å². The van der Waals surface area contributed by atoms with E-state index in [2.05, 4.69) is 6.07 Å².